The van der Waals surface area contributed by atoms with Crippen molar-refractivity contribution in [2.75, 3.05) is 7.05 Å². The number of hydrogen-bond donors (Lipinski definition) is 0. The summed E-state index contributed by atoms with van der Waals surface area (Å²) in [6.07, 6.45) is 1.77. The van der Waals surface area contributed by atoms with E-state index in [1.54, 1.807) is 25.2 Å². The highest BCUT2D eigenvalue weighted by Gasteiger charge is 2.16. The molecule has 0 saturated heterocycles. The zero-order valence-electron chi connectivity index (χ0n) is 9.91. The van der Waals surface area contributed by atoms with Gasteiger partial charge in [-0.15, -0.1) is 0 Å². The van der Waals surface area contributed by atoms with E-state index in [2.05, 4.69) is 4.99 Å². The van der Waals surface area contributed by atoms with Crippen LogP contribution >= 0.6 is 23.2 Å². The van der Waals surface area contributed by atoms with Gasteiger partial charge < -0.3 is 4.90 Å². The number of hydrogen-bond acceptors (Lipinski definition) is 2. The quantitative estimate of drug-likeness (QED) is 0.464. The van der Waals surface area contributed by atoms with Gasteiger partial charge in [0.15, 0.2) is 0 Å². The van der Waals surface area contributed by atoms with Crippen molar-refractivity contribution >= 4 is 29.0 Å². The molecule has 0 saturated carbocycles. The Balaban J connectivity index is 3.04. The second-order valence-electron chi connectivity index (χ2n) is 3.71. The number of benzene rings is 1. The van der Waals surface area contributed by atoms with E-state index in [0.29, 0.717) is 15.9 Å². The lowest BCUT2D eigenvalue weighted by Gasteiger charge is -2.27. The number of aliphatic imine (C=N–C) groups is 1. The fraction of sp³-hybridized carbons (Fsp3) is 0.333. The molecule has 1 unspecified atom stereocenters. The summed E-state index contributed by atoms with van der Waals surface area (Å²) in [6, 6.07) is 5.33. The summed E-state index contributed by atoms with van der Waals surface area (Å²) in [6.45, 7) is 3.76. The standard InChI is InChI=1S/C12H13Cl2N3/c1-8(17(3)9(2)16-7-15)11-6-10(13)4-5-12(11)14/h4-6,8H,1-3H3. The van der Waals surface area contributed by atoms with E-state index in [0.717, 1.165) is 5.56 Å². The molecule has 0 spiro atoms. The highest BCUT2D eigenvalue weighted by molar-refractivity contribution is 6.33. The van der Waals surface area contributed by atoms with Gasteiger partial charge in [0.2, 0.25) is 6.19 Å². The third-order valence-corrected chi connectivity index (χ3v) is 3.29. The monoisotopic (exact) mass is 269 g/mol. The van der Waals surface area contributed by atoms with Crippen molar-refractivity contribution < 1.29 is 0 Å². The molecule has 0 aromatic heterocycles. The maximum Gasteiger partial charge on any atom is 0.207 e. The van der Waals surface area contributed by atoms with E-state index >= 15 is 0 Å². The van der Waals surface area contributed by atoms with E-state index in [1.165, 1.54) is 0 Å². The van der Waals surface area contributed by atoms with Gasteiger partial charge in [-0.3, -0.25) is 0 Å². The SMILES string of the molecule is CC(=NC#N)N(C)C(C)c1cc(Cl)ccc1Cl. The predicted molar refractivity (Wildman–Crippen MR) is 71.4 cm³/mol. The molecule has 0 aliphatic rings. The molecule has 90 valence electrons. The average Bonchev–Trinajstić information content (AvgIpc) is 2.30. The number of halogens is 2. The van der Waals surface area contributed by atoms with Crippen LogP contribution in [0, 0.1) is 11.5 Å². The minimum atomic E-state index is -0.00157. The first-order chi connectivity index (χ1) is 7.97. The normalized spacial score (nSPS) is 13.1. The highest BCUT2D eigenvalue weighted by Crippen LogP contribution is 2.29. The molecule has 17 heavy (non-hydrogen) atoms. The van der Waals surface area contributed by atoms with Gasteiger partial charge in [0.1, 0.15) is 5.84 Å². The smallest absolute Gasteiger partial charge is 0.207 e. The van der Waals surface area contributed by atoms with Crippen LogP contribution in [0.5, 0.6) is 0 Å². The van der Waals surface area contributed by atoms with Crippen LogP contribution in [-0.4, -0.2) is 17.8 Å². The van der Waals surface area contributed by atoms with Crippen molar-refractivity contribution in [3.05, 3.63) is 33.8 Å². The Morgan fingerprint density at radius 2 is 2.12 bits per heavy atom. The van der Waals surface area contributed by atoms with Crippen LogP contribution < -0.4 is 0 Å². The van der Waals surface area contributed by atoms with Gasteiger partial charge >= 0.3 is 0 Å². The minimum absolute atomic E-state index is 0.00157. The molecule has 0 heterocycles. The van der Waals surface area contributed by atoms with Crippen molar-refractivity contribution in [3.63, 3.8) is 0 Å². The van der Waals surface area contributed by atoms with Crippen molar-refractivity contribution in [1.29, 1.82) is 5.26 Å². The largest absolute Gasteiger partial charge is 0.356 e. The topological polar surface area (TPSA) is 39.4 Å². The van der Waals surface area contributed by atoms with E-state index in [-0.39, 0.29) is 6.04 Å². The predicted octanol–water partition coefficient (Wildman–Crippen LogP) is 3.89. The molecule has 1 atom stereocenters. The zero-order chi connectivity index (χ0) is 13.0. The fourth-order valence-corrected chi connectivity index (χ4v) is 1.93. The molecule has 0 amide bonds. The number of nitriles is 1. The summed E-state index contributed by atoms with van der Waals surface area (Å²) >= 11 is 12.1. The summed E-state index contributed by atoms with van der Waals surface area (Å²) in [4.78, 5) is 5.57. The zero-order valence-corrected chi connectivity index (χ0v) is 11.4. The Kier molecular flexibility index (Phi) is 4.80. The Morgan fingerprint density at radius 3 is 2.71 bits per heavy atom. The molecular weight excluding hydrogens is 257 g/mol. The van der Waals surface area contributed by atoms with Crippen molar-refractivity contribution in [3.8, 4) is 6.19 Å². The van der Waals surface area contributed by atoms with Crippen LogP contribution in [0.25, 0.3) is 0 Å². The van der Waals surface area contributed by atoms with Gasteiger partial charge in [0.05, 0.1) is 6.04 Å². The molecule has 0 aliphatic heterocycles. The first-order valence-corrected chi connectivity index (χ1v) is 5.84. The summed E-state index contributed by atoms with van der Waals surface area (Å²) in [5, 5.41) is 9.82. The number of nitrogens with zero attached hydrogens (tertiary/aromatic N) is 3. The van der Waals surface area contributed by atoms with E-state index in [1.807, 2.05) is 24.9 Å². The first kappa shape index (κ1) is 13.8. The molecule has 1 rings (SSSR count). The maximum atomic E-state index is 8.53. The van der Waals surface area contributed by atoms with Crippen LogP contribution in [-0.2, 0) is 0 Å². The lowest BCUT2D eigenvalue weighted by atomic mass is 10.1. The van der Waals surface area contributed by atoms with Gasteiger partial charge in [-0.05, 0) is 37.6 Å². The van der Waals surface area contributed by atoms with Gasteiger partial charge in [0, 0.05) is 17.1 Å². The molecule has 5 heteroatoms. The summed E-state index contributed by atoms with van der Waals surface area (Å²) < 4.78 is 0. The molecule has 1 aromatic carbocycles. The number of rotatable bonds is 2. The van der Waals surface area contributed by atoms with Crippen molar-refractivity contribution in [1.82, 2.24) is 4.90 Å². The van der Waals surface area contributed by atoms with E-state index < -0.39 is 0 Å². The summed E-state index contributed by atoms with van der Waals surface area (Å²) in [5.41, 5.74) is 0.911. The summed E-state index contributed by atoms with van der Waals surface area (Å²) in [5.74, 6) is 0.635. The molecule has 1 aromatic rings. The molecule has 0 radical (unpaired) electrons. The van der Waals surface area contributed by atoms with Gasteiger partial charge in [0.25, 0.3) is 0 Å². The third kappa shape index (κ3) is 3.36. The number of amidine groups is 1. The minimum Gasteiger partial charge on any atom is -0.356 e. The van der Waals surface area contributed by atoms with E-state index in [4.69, 9.17) is 28.5 Å². The van der Waals surface area contributed by atoms with Crippen molar-refractivity contribution in [2.45, 2.75) is 19.9 Å². The first-order valence-electron chi connectivity index (χ1n) is 5.08. The molecule has 0 bridgehead atoms. The van der Waals surface area contributed by atoms with Gasteiger partial charge in [-0.25, -0.2) is 0 Å². The lowest BCUT2D eigenvalue weighted by Crippen LogP contribution is -2.27. The Morgan fingerprint density at radius 1 is 1.47 bits per heavy atom. The molecule has 0 N–H and O–H groups in total. The second-order valence-corrected chi connectivity index (χ2v) is 4.56. The van der Waals surface area contributed by atoms with Gasteiger partial charge in [-0.1, -0.05) is 23.2 Å². The highest BCUT2D eigenvalue weighted by atomic mass is 35.5. The summed E-state index contributed by atoms with van der Waals surface area (Å²) in [7, 11) is 1.86. The van der Waals surface area contributed by atoms with Crippen LogP contribution in [0.2, 0.25) is 10.0 Å². The molecular formula is C12H13Cl2N3. The van der Waals surface area contributed by atoms with Gasteiger partial charge in [-0.2, -0.15) is 10.3 Å². The Labute approximate surface area is 111 Å². The van der Waals surface area contributed by atoms with E-state index in [9.17, 15) is 0 Å². The van der Waals surface area contributed by atoms with Crippen LogP contribution in [0.3, 0.4) is 0 Å². The Hall–Kier alpha value is -1.24. The van der Waals surface area contributed by atoms with Crippen LogP contribution in [0.15, 0.2) is 23.2 Å². The van der Waals surface area contributed by atoms with Crippen molar-refractivity contribution in [2.24, 2.45) is 4.99 Å². The van der Waals surface area contributed by atoms with Crippen LogP contribution in [0.4, 0.5) is 0 Å². The third-order valence-electron chi connectivity index (χ3n) is 2.71. The second kappa shape index (κ2) is 5.90. The molecule has 0 aliphatic carbocycles. The maximum absolute atomic E-state index is 8.53. The average molecular weight is 270 g/mol. The Bertz CT molecular complexity index is 477. The molecule has 0 fully saturated rings. The fourth-order valence-electron chi connectivity index (χ4n) is 1.47. The molecule has 3 nitrogen and oxygen atoms in total. The lowest BCUT2D eigenvalue weighted by molar-refractivity contribution is 0.400. The van der Waals surface area contributed by atoms with Crippen LogP contribution in [0.1, 0.15) is 25.5 Å².